The van der Waals surface area contributed by atoms with Gasteiger partial charge in [-0.25, -0.2) is 9.18 Å². The van der Waals surface area contributed by atoms with E-state index in [9.17, 15) is 27.2 Å². The summed E-state index contributed by atoms with van der Waals surface area (Å²) in [4.78, 5) is 23.7. The lowest BCUT2D eigenvalue weighted by Crippen LogP contribution is -2.34. The summed E-state index contributed by atoms with van der Waals surface area (Å²) in [5, 5.41) is 11.8. The van der Waals surface area contributed by atoms with Crippen molar-refractivity contribution in [3.8, 4) is 0 Å². The Balaban J connectivity index is 1.93. The highest BCUT2D eigenvalue weighted by atomic mass is 19.4. The van der Waals surface area contributed by atoms with Crippen LogP contribution in [0.4, 0.5) is 17.6 Å². The third kappa shape index (κ3) is 3.55. The van der Waals surface area contributed by atoms with Gasteiger partial charge in [0, 0.05) is 25.2 Å². The van der Waals surface area contributed by atoms with Gasteiger partial charge >= 0.3 is 12.1 Å². The number of rotatable bonds is 4. The van der Waals surface area contributed by atoms with Crippen LogP contribution in [0.1, 0.15) is 12.1 Å². The second kappa shape index (κ2) is 5.93. The molecule has 2 heterocycles. The second-order valence-corrected chi connectivity index (χ2v) is 5.02. The van der Waals surface area contributed by atoms with Crippen LogP contribution in [0, 0.1) is 5.92 Å². The Morgan fingerprint density at radius 1 is 1.45 bits per heavy atom. The van der Waals surface area contributed by atoms with Crippen molar-refractivity contribution in [2.75, 3.05) is 13.1 Å². The Hall–Kier alpha value is -2.13. The zero-order chi connectivity index (χ0) is 16.5. The van der Waals surface area contributed by atoms with Gasteiger partial charge in [0.1, 0.15) is 6.54 Å². The molecule has 1 N–H and O–H groups in total. The molecule has 0 spiro atoms. The van der Waals surface area contributed by atoms with Gasteiger partial charge in [-0.1, -0.05) is 0 Å². The lowest BCUT2D eigenvalue weighted by molar-refractivity contribution is -0.145. The van der Waals surface area contributed by atoms with Crippen LogP contribution >= 0.6 is 0 Å². The number of aliphatic carboxylic acids is 1. The van der Waals surface area contributed by atoms with Crippen molar-refractivity contribution in [3.05, 3.63) is 18.0 Å². The van der Waals surface area contributed by atoms with Crippen molar-refractivity contribution in [3.63, 3.8) is 0 Å². The van der Waals surface area contributed by atoms with Gasteiger partial charge in [0.25, 0.3) is 0 Å². The Bertz CT molecular complexity index is 572. The van der Waals surface area contributed by atoms with Crippen LogP contribution in [0.2, 0.25) is 0 Å². The standard InChI is InChI=1S/C12H13F4N3O3/c13-10(11(21)22)7-1-3-18(5-7)9(20)6-19-4-2-8(17-19)12(14,15)16/h2,4,7,10H,1,3,5-6H2,(H,21,22). The minimum Gasteiger partial charge on any atom is -0.479 e. The van der Waals surface area contributed by atoms with Crippen molar-refractivity contribution >= 4 is 11.9 Å². The fourth-order valence-corrected chi connectivity index (χ4v) is 2.29. The third-order valence-corrected chi connectivity index (χ3v) is 3.46. The number of carbonyl (C=O) groups excluding carboxylic acids is 1. The smallest absolute Gasteiger partial charge is 0.435 e. The molecule has 122 valence electrons. The first-order valence-corrected chi connectivity index (χ1v) is 6.44. The van der Waals surface area contributed by atoms with E-state index in [1.54, 1.807) is 0 Å². The Labute approximate surface area is 122 Å². The topological polar surface area (TPSA) is 75.4 Å². The lowest BCUT2D eigenvalue weighted by atomic mass is 10.0. The molecule has 6 nitrogen and oxygen atoms in total. The summed E-state index contributed by atoms with van der Waals surface area (Å²) in [6, 6.07) is 0.752. The molecular weight excluding hydrogens is 310 g/mol. The normalized spacial score (nSPS) is 20.2. The van der Waals surface area contributed by atoms with E-state index in [0.717, 1.165) is 16.9 Å². The first-order valence-electron chi connectivity index (χ1n) is 6.44. The van der Waals surface area contributed by atoms with Crippen LogP contribution in [0.5, 0.6) is 0 Å². The van der Waals surface area contributed by atoms with Crippen LogP contribution in [-0.4, -0.2) is 50.9 Å². The van der Waals surface area contributed by atoms with E-state index in [1.807, 2.05) is 0 Å². The van der Waals surface area contributed by atoms with Gasteiger partial charge in [-0.05, 0) is 12.5 Å². The first kappa shape index (κ1) is 16.2. The molecule has 0 saturated carbocycles. The number of nitrogens with zero attached hydrogens (tertiary/aromatic N) is 3. The van der Waals surface area contributed by atoms with Gasteiger partial charge in [0.05, 0.1) is 0 Å². The van der Waals surface area contributed by atoms with Crippen molar-refractivity contribution in [1.82, 2.24) is 14.7 Å². The van der Waals surface area contributed by atoms with Gasteiger partial charge < -0.3 is 10.0 Å². The van der Waals surface area contributed by atoms with E-state index >= 15 is 0 Å². The number of aromatic nitrogens is 2. The van der Waals surface area contributed by atoms with E-state index < -0.39 is 42.4 Å². The molecule has 2 atom stereocenters. The molecule has 0 radical (unpaired) electrons. The molecule has 1 aliphatic heterocycles. The molecule has 1 saturated heterocycles. The van der Waals surface area contributed by atoms with Crippen molar-refractivity contribution < 1.29 is 32.3 Å². The molecule has 1 amide bonds. The summed E-state index contributed by atoms with van der Waals surface area (Å²) in [5.74, 6) is -2.91. The first-order chi connectivity index (χ1) is 10.2. The number of carbonyl (C=O) groups is 2. The van der Waals surface area contributed by atoms with Crippen LogP contribution in [0.3, 0.4) is 0 Å². The summed E-state index contributed by atoms with van der Waals surface area (Å²) in [7, 11) is 0. The monoisotopic (exact) mass is 323 g/mol. The fourth-order valence-electron chi connectivity index (χ4n) is 2.29. The molecule has 1 aliphatic rings. The third-order valence-electron chi connectivity index (χ3n) is 3.46. The van der Waals surface area contributed by atoms with Gasteiger partial charge in [0.2, 0.25) is 12.1 Å². The van der Waals surface area contributed by atoms with Crippen molar-refractivity contribution in [1.29, 1.82) is 0 Å². The number of carboxylic acid groups (broad SMARTS) is 1. The van der Waals surface area contributed by atoms with Gasteiger partial charge in [-0.3, -0.25) is 9.48 Å². The molecule has 2 rings (SSSR count). The highest BCUT2D eigenvalue weighted by Crippen LogP contribution is 2.27. The number of halogens is 4. The Morgan fingerprint density at radius 3 is 2.68 bits per heavy atom. The van der Waals surface area contributed by atoms with E-state index in [0.29, 0.717) is 0 Å². The second-order valence-electron chi connectivity index (χ2n) is 5.02. The lowest BCUT2D eigenvalue weighted by Gasteiger charge is -2.17. The SMILES string of the molecule is O=C(O)C(F)C1CCN(C(=O)Cn2ccc(C(F)(F)F)n2)C1. The Morgan fingerprint density at radius 2 is 2.14 bits per heavy atom. The predicted molar refractivity (Wildman–Crippen MR) is 64.4 cm³/mol. The molecule has 10 heteroatoms. The molecule has 1 fully saturated rings. The highest BCUT2D eigenvalue weighted by Gasteiger charge is 2.36. The fraction of sp³-hybridized carbons (Fsp3) is 0.583. The Kier molecular flexibility index (Phi) is 4.38. The summed E-state index contributed by atoms with van der Waals surface area (Å²) in [5.41, 5.74) is -1.10. The van der Waals surface area contributed by atoms with Crippen molar-refractivity contribution in [2.45, 2.75) is 25.3 Å². The number of likely N-dealkylation sites (tertiary alicyclic amines) is 1. The minimum absolute atomic E-state index is 0.0697. The van der Waals surface area contributed by atoms with E-state index in [1.165, 1.54) is 4.90 Å². The predicted octanol–water partition coefficient (Wildman–Crippen LogP) is 1.17. The molecule has 0 bridgehead atoms. The van der Waals surface area contributed by atoms with Crippen LogP contribution in [-0.2, 0) is 22.3 Å². The van der Waals surface area contributed by atoms with Gasteiger partial charge in [-0.2, -0.15) is 18.3 Å². The van der Waals surface area contributed by atoms with E-state index in [4.69, 9.17) is 5.11 Å². The van der Waals surface area contributed by atoms with Crippen LogP contribution < -0.4 is 0 Å². The maximum atomic E-state index is 13.3. The van der Waals surface area contributed by atoms with E-state index in [2.05, 4.69) is 5.10 Å². The average molecular weight is 323 g/mol. The van der Waals surface area contributed by atoms with E-state index in [-0.39, 0.29) is 19.5 Å². The van der Waals surface area contributed by atoms with Crippen LogP contribution in [0.15, 0.2) is 12.3 Å². The minimum atomic E-state index is -4.59. The molecule has 1 aromatic heterocycles. The summed E-state index contributed by atoms with van der Waals surface area (Å²) < 4.78 is 51.4. The highest BCUT2D eigenvalue weighted by molar-refractivity contribution is 5.77. The number of hydrogen-bond acceptors (Lipinski definition) is 3. The zero-order valence-corrected chi connectivity index (χ0v) is 11.3. The zero-order valence-electron chi connectivity index (χ0n) is 11.3. The number of alkyl halides is 4. The molecular formula is C12H13F4N3O3. The van der Waals surface area contributed by atoms with Gasteiger partial charge in [-0.15, -0.1) is 0 Å². The summed E-state index contributed by atoms with van der Waals surface area (Å²) in [6.45, 7) is -0.308. The molecule has 22 heavy (non-hydrogen) atoms. The van der Waals surface area contributed by atoms with Gasteiger partial charge in [0.15, 0.2) is 5.69 Å². The summed E-state index contributed by atoms with van der Waals surface area (Å²) in [6.07, 6.45) is -5.41. The average Bonchev–Trinajstić information content (AvgIpc) is 3.05. The molecule has 1 aromatic rings. The summed E-state index contributed by atoms with van der Waals surface area (Å²) >= 11 is 0. The quantitative estimate of drug-likeness (QED) is 0.844. The largest absolute Gasteiger partial charge is 0.479 e. The van der Waals surface area contributed by atoms with Crippen molar-refractivity contribution in [2.24, 2.45) is 5.92 Å². The number of hydrogen-bond donors (Lipinski definition) is 1. The maximum Gasteiger partial charge on any atom is 0.435 e. The maximum absolute atomic E-state index is 13.3. The number of carboxylic acids is 1. The molecule has 0 aromatic carbocycles. The molecule has 2 unspecified atom stereocenters. The molecule has 0 aliphatic carbocycles. The number of amides is 1. The van der Waals surface area contributed by atoms with Crippen LogP contribution in [0.25, 0.3) is 0 Å².